The summed E-state index contributed by atoms with van der Waals surface area (Å²) < 4.78 is 28.2. The Morgan fingerprint density at radius 1 is 1.18 bits per heavy atom. The second kappa shape index (κ2) is 10.7. The van der Waals surface area contributed by atoms with Crippen LogP contribution in [0.25, 0.3) is 0 Å². The van der Waals surface area contributed by atoms with E-state index < -0.39 is 5.92 Å². The first-order chi connectivity index (χ1) is 18.5. The van der Waals surface area contributed by atoms with Crippen LogP contribution in [0, 0.1) is 12.3 Å². The highest BCUT2D eigenvalue weighted by Crippen LogP contribution is 2.51. The van der Waals surface area contributed by atoms with E-state index in [4.69, 9.17) is 5.73 Å². The molecule has 2 amide bonds. The molecule has 6 nitrogen and oxygen atoms in total. The lowest BCUT2D eigenvalue weighted by atomic mass is 9.89. The van der Waals surface area contributed by atoms with E-state index in [9.17, 15) is 18.4 Å². The molecule has 5 rings (SSSR count). The number of fused-ring (bicyclic) bond motifs is 1. The monoisotopic (exact) mass is 536 g/mol. The number of nitrogens with zero attached hydrogens (tertiary/aromatic N) is 1. The van der Waals surface area contributed by atoms with E-state index in [0.717, 1.165) is 56.1 Å². The Morgan fingerprint density at radius 2 is 1.97 bits per heavy atom. The molecular weight excluding hydrogens is 498 g/mol. The lowest BCUT2D eigenvalue weighted by Gasteiger charge is -2.25. The van der Waals surface area contributed by atoms with Crippen molar-refractivity contribution in [3.8, 4) is 0 Å². The summed E-state index contributed by atoms with van der Waals surface area (Å²) in [5, 5.41) is 5.79. The predicted molar refractivity (Wildman–Crippen MR) is 148 cm³/mol. The van der Waals surface area contributed by atoms with Crippen molar-refractivity contribution >= 4 is 17.8 Å². The highest BCUT2D eigenvalue weighted by atomic mass is 19.3. The Labute approximate surface area is 228 Å². The van der Waals surface area contributed by atoms with E-state index >= 15 is 0 Å². The Morgan fingerprint density at radius 3 is 2.72 bits per heavy atom. The van der Waals surface area contributed by atoms with Crippen LogP contribution in [0.5, 0.6) is 0 Å². The van der Waals surface area contributed by atoms with Gasteiger partial charge in [-0.05, 0) is 91.7 Å². The molecule has 1 heterocycles. The van der Waals surface area contributed by atoms with Crippen molar-refractivity contribution in [2.75, 3.05) is 0 Å². The van der Waals surface area contributed by atoms with Crippen LogP contribution >= 0.6 is 0 Å². The summed E-state index contributed by atoms with van der Waals surface area (Å²) in [5.41, 5.74) is 10.4. The number of guanidine groups is 1. The van der Waals surface area contributed by atoms with E-state index in [2.05, 4.69) is 47.7 Å². The molecule has 2 unspecified atom stereocenters. The highest BCUT2D eigenvalue weighted by molar-refractivity contribution is 5.98. The number of hydrogen-bond acceptors (Lipinski definition) is 4. The molecule has 2 aromatic carbocycles. The first kappa shape index (κ1) is 27.3. The van der Waals surface area contributed by atoms with E-state index in [0.29, 0.717) is 24.0 Å². The fourth-order valence-corrected chi connectivity index (χ4v) is 5.89. The van der Waals surface area contributed by atoms with E-state index in [1.165, 1.54) is 17.7 Å². The van der Waals surface area contributed by atoms with Gasteiger partial charge in [-0.3, -0.25) is 14.9 Å². The second-order valence-electron chi connectivity index (χ2n) is 12.0. The third kappa shape index (κ3) is 6.48. The first-order valence-corrected chi connectivity index (χ1v) is 14.1. The summed E-state index contributed by atoms with van der Waals surface area (Å²) >= 11 is 0. The summed E-state index contributed by atoms with van der Waals surface area (Å²) in [4.78, 5) is 29.4. The van der Waals surface area contributed by atoms with Gasteiger partial charge in [-0.2, -0.15) is 0 Å². The average molecular weight is 537 g/mol. The number of hydrogen-bond donors (Lipinski definition) is 3. The van der Waals surface area contributed by atoms with Gasteiger partial charge in [-0.15, -0.1) is 0 Å². The fraction of sp³-hybridized carbons (Fsp3) is 0.516. The molecular formula is C31H38F2N4O2. The van der Waals surface area contributed by atoms with Crippen LogP contribution in [-0.2, 0) is 23.6 Å². The van der Waals surface area contributed by atoms with Gasteiger partial charge in [-0.25, -0.2) is 13.8 Å². The van der Waals surface area contributed by atoms with Gasteiger partial charge in [0.1, 0.15) is 0 Å². The van der Waals surface area contributed by atoms with Gasteiger partial charge in [0.2, 0.25) is 5.91 Å². The third-order valence-electron chi connectivity index (χ3n) is 8.56. The number of alkyl halides is 2. The van der Waals surface area contributed by atoms with Crippen LogP contribution in [0.15, 0.2) is 41.4 Å². The smallest absolute Gasteiger partial charge is 0.273 e. The number of rotatable bonds is 10. The SMILES string of the molecule is Cc1ccc(CCCCC2CC(=O)NC(N)=N2)cc1C(CC1(C)CC1)NC(=O)c1ccc2c(c1)CCC2(F)F. The number of amides is 2. The molecule has 3 aliphatic rings. The van der Waals surface area contributed by atoms with Crippen molar-refractivity contribution < 1.29 is 18.4 Å². The molecule has 0 radical (unpaired) electrons. The van der Waals surface area contributed by atoms with Crippen molar-refractivity contribution in [1.29, 1.82) is 0 Å². The summed E-state index contributed by atoms with van der Waals surface area (Å²) in [6.45, 7) is 4.32. The molecule has 2 aromatic rings. The van der Waals surface area contributed by atoms with Gasteiger partial charge >= 0.3 is 0 Å². The van der Waals surface area contributed by atoms with Crippen LogP contribution in [0.1, 0.15) is 103 Å². The van der Waals surface area contributed by atoms with Gasteiger partial charge in [-0.1, -0.05) is 37.6 Å². The molecule has 4 N–H and O–H groups in total. The van der Waals surface area contributed by atoms with Crippen LogP contribution in [0.4, 0.5) is 8.78 Å². The van der Waals surface area contributed by atoms with Crippen molar-refractivity contribution in [2.45, 2.75) is 96.1 Å². The molecule has 2 aliphatic carbocycles. The maximum Gasteiger partial charge on any atom is 0.273 e. The number of benzene rings is 2. The Balaban J connectivity index is 1.26. The maximum absolute atomic E-state index is 14.1. The topological polar surface area (TPSA) is 96.6 Å². The van der Waals surface area contributed by atoms with Gasteiger partial charge in [0.05, 0.1) is 12.1 Å². The lowest BCUT2D eigenvalue weighted by molar-refractivity contribution is -0.120. The molecule has 1 fully saturated rings. The van der Waals surface area contributed by atoms with E-state index in [-0.39, 0.29) is 47.3 Å². The Kier molecular flexibility index (Phi) is 7.49. The average Bonchev–Trinajstić information content (AvgIpc) is 3.53. The number of unbranched alkanes of at least 4 members (excludes halogenated alkanes) is 1. The standard InChI is InChI=1S/C31H38F2N4O2/c1-19-7-8-20(5-3-4-6-23-17-27(38)37-29(34)35-23)15-24(19)26(18-30(2)13-14-30)36-28(39)22-9-10-25-21(16-22)11-12-31(25,32)33/h7-10,15-16,23,26H,3-6,11-14,17-18H2,1-2H3,(H,36,39)(H3,34,35,37,38). The number of nitrogens with one attached hydrogen (secondary N) is 2. The van der Waals surface area contributed by atoms with Gasteiger partial charge in [0, 0.05) is 24.0 Å². The van der Waals surface area contributed by atoms with Crippen LogP contribution in [0.2, 0.25) is 0 Å². The fourth-order valence-electron chi connectivity index (χ4n) is 5.89. The summed E-state index contributed by atoms with van der Waals surface area (Å²) in [7, 11) is 0. The molecule has 208 valence electrons. The zero-order valence-electron chi connectivity index (χ0n) is 22.8. The molecule has 0 saturated heterocycles. The normalized spacial score (nSPS) is 21.5. The highest BCUT2D eigenvalue weighted by Gasteiger charge is 2.41. The lowest BCUT2D eigenvalue weighted by Crippen LogP contribution is -2.43. The second-order valence-corrected chi connectivity index (χ2v) is 12.0. The summed E-state index contributed by atoms with van der Waals surface area (Å²) in [6.07, 6.45) is 7.20. The van der Waals surface area contributed by atoms with Crippen molar-refractivity contribution in [3.63, 3.8) is 0 Å². The van der Waals surface area contributed by atoms with Gasteiger partial charge in [0.25, 0.3) is 11.8 Å². The summed E-state index contributed by atoms with van der Waals surface area (Å²) in [6, 6.07) is 10.8. The van der Waals surface area contributed by atoms with Crippen molar-refractivity contribution in [2.24, 2.45) is 16.1 Å². The van der Waals surface area contributed by atoms with Gasteiger partial charge < -0.3 is 11.1 Å². The maximum atomic E-state index is 14.1. The largest absolute Gasteiger partial charge is 0.370 e. The zero-order chi connectivity index (χ0) is 27.8. The van der Waals surface area contributed by atoms with Gasteiger partial charge in [0.15, 0.2) is 5.96 Å². The first-order valence-electron chi connectivity index (χ1n) is 14.1. The minimum Gasteiger partial charge on any atom is -0.370 e. The van der Waals surface area contributed by atoms with Crippen LogP contribution in [0.3, 0.4) is 0 Å². The van der Waals surface area contributed by atoms with Crippen molar-refractivity contribution in [1.82, 2.24) is 10.6 Å². The number of nitrogens with two attached hydrogens (primary N) is 1. The van der Waals surface area contributed by atoms with E-state index in [1.807, 2.05) is 0 Å². The number of aliphatic imine (C=N–C) groups is 1. The molecule has 1 aliphatic heterocycles. The number of carbonyl (C=O) groups is 2. The molecule has 0 spiro atoms. The number of carbonyl (C=O) groups excluding carboxylic acids is 2. The van der Waals surface area contributed by atoms with Crippen LogP contribution in [-0.4, -0.2) is 23.8 Å². The van der Waals surface area contributed by atoms with Crippen LogP contribution < -0.4 is 16.4 Å². The molecule has 8 heteroatoms. The Hall–Kier alpha value is -3.29. The zero-order valence-corrected chi connectivity index (χ0v) is 22.8. The predicted octanol–water partition coefficient (Wildman–Crippen LogP) is 5.61. The minimum absolute atomic E-state index is 0.0478. The molecule has 39 heavy (non-hydrogen) atoms. The molecule has 2 atom stereocenters. The number of halogens is 2. The quantitative estimate of drug-likeness (QED) is 0.344. The number of aryl methyl sites for hydroxylation is 3. The third-order valence-corrected chi connectivity index (χ3v) is 8.56. The molecule has 1 saturated carbocycles. The molecule has 0 bridgehead atoms. The summed E-state index contributed by atoms with van der Waals surface area (Å²) in [5.74, 6) is -2.90. The van der Waals surface area contributed by atoms with E-state index in [1.54, 1.807) is 6.07 Å². The Bertz CT molecular complexity index is 1300. The minimum atomic E-state index is -2.81. The van der Waals surface area contributed by atoms with Crippen molar-refractivity contribution in [3.05, 3.63) is 69.8 Å². The molecule has 0 aromatic heterocycles.